The molecule has 2 bridgehead atoms. The summed E-state index contributed by atoms with van der Waals surface area (Å²) < 4.78 is 56.0. The Balaban J connectivity index is 1.12. The van der Waals surface area contributed by atoms with Gasteiger partial charge in [0.15, 0.2) is 18.1 Å². The van der Waals surface area contributed by atoms with Gasteiger partial charge in [-0.2, -0.15) is 0 Å². The molecule has 0 radical (unpaired) electrons. The summed E-state index contributed by atoms with van der Waals surface area (Å²) in [5.41, 5.74) is 1.20. The molecule has 5 atom stereocenters. The highest BCUT2D eigenvalue weighted by atomic mass is 19.1. The smallest absolute Gasteiger partial charge is 0.415 e. The molecule has 3 aliphatic heterocycles. The highest BCUT2D eigenvalue weighted by Gasteiger charge is 2.43. The molecule has 0 aliphatic carbocycles. The highest BCUT2D eigenvalue weighted by Crippen LogP contribution is 2.34. The largest absolute Gasteiger partial charge is 0.493 e. The van der Waals surface area contributed by atoms with E-state index in [0.29, 0.717) is 81.0 Å². The molecule has 3 heterocycles. The fourth-order valence-corrected chi connectivity index (χ4v) is 11.9. The maximum absolute atomic E-state index is 16.2. The second-order valence-electron chi connectivity index (χ2n) is 25.7. The Hall–Kier alpha value is -10.2. The first-order valence-electron chi connectivity index (χ1n) is 33.6. The van der Waals surface area contributed by atoms with Crippen LogP contribution in [-0.2, 0) is 83.0 Å². The molecule has 2 N–H and O–H groups in total. The van der Waals surface area contributed by atoms with Crippen molar-refractivity contribution < 1.29 is 85.5 Å². The number of esters is 2. The van der Waals surface area contributed by atoms with Gasteiger partial charge < -0.3 is 68.3 Å². The third kappa shape index (κ3) is 21.7. The zero-order chi connectivity index (χ0) is 71.9. The van der Waals surface area contributed by atoms with Crippen LogP contribution in [-0.4, -0.2) is 202 Å². The Morgan fingerprint density at radius 1 is 0.660 bits per heavy atom. The minimum absolute atomic E-state index is 0.0276. The molecule has 24 nitrogen and oxygen atoms in total. The van der Waals surface area contributed by atoms with Gasteiger partial charge in [0.1, 0.15) is 54.2 Å². The number of piperidine rings is 1. The number of carbonyl (C=O) groups is 10. The predicted molar refractivity (Wildman–Crippen MR) is 365 cm³/mol. The summed E-state index contributed by atoms with van der Waals surface area (Å²) in [4.78, 5) is 149. The number of hydrogen-bond acceptors (Lipinski definition) is 17. The zero-order valence-electron chi connectivity index (χ0n) is 57.8. The number of ketones is 1. The monoisotopic (exact) mass is 1380 g/mol. The molecule has 0 aromatic heterocycles. The van der Waals surface area contributed by atoms with Crippen LogP contribution >= 0.6 is 0 Å². The van der Waals surface area contributed by atoms with Gasteiger partial charge in [-0.15, -0.1) is 0 Å². The SMILES string of the molecule is COc1ccc(CC[C@H]2OC(=O)[C@@H]3CCCCN3C(=O)C(=O)C(C)(C)COC(=O)C=CCCCCN(C)C(=O)[C@@H](Cc3ccccc3)NC(=O)CN(C)C(=O)[C@@H](Cc3ccccc3)NC(=O)[C@H](Cc3ccc(OC(=O)N4CCOCC4)cc3)N(C)C(=O)COc3cc(F)cc2c3)cc1OC. The van der Waals surface area contributed by atoms with E-state index in [2.05, 4.69) is 10.6 Å². The molecular formula is C75H90FN7O17. The Kier molecular flexibility index (Phi) is 27.7. The van der Waals surface area contributed by atoms with Crippen molar-refractivity contribution in [3.63, 3.8) is 0 Å². The third-order valence-electron chi connectivity index (χ3n) is 17.8. The maximum atomic E-state index is 16.2. The van der Waals surface area contributed by atoms with Gasteiger partial charge in [0.2, 0.25) is 29.4 Å². The van der Waals surface area contributed by atoms with E-state index in [4.69, 9.17) is 33.2 Å². The van der Waals surface area contributed by atoms with Gasteiger partial charge in [-0.3, -0.25) is 33.6 Å². The Bertz CT molecular complexity index is 3700. The molecule has 2 saturated heterocycles. The summed E-state index contributed by atoms with van der Waals surface area (Å²) in [6, 6.07) is 28.0. The summed E-state index contributed by atoms with van der Waals surface area (Å²) in [5, 5.41) is 5.73. The third-order valence-corrected chi connectivity index (χ3v) is 17.8. The van der Waals surface area contributed by atoms with Crippen LogP contribution in [0.5, 0.6) is 23.0 Å². The number of Topliss-reactive ketones (excluding diaryl/α,β-unsaturated/α-hetero) is 1. The number of morpholine rings is 1. The van der Waals surface area contributed by atoms with E-state index in [9.17, 15) is 43.2 Å². The fraction of sp³-hybridized carbons (Fsp3) is 0.440. The van der Waals surface area contributed by atoms with Gasteiger partial charge >= 0.3 is 18.0 Å². The summed E-state index contributed by atoms with van der Waals surface area (Å²) >= 11 is 0. The number of nitrogens with one attached hydrogen (secondary N) is 2. The Morgan fingerprint density at radius 3 is 1.96 bits per heavy atom. The number of carbonyl (C=O) groups excluding carboxylic acids is 10. The van der Waals surface area contributed by atoms with Crippen LogP contribution in [0.1, 0.15) is 92.7 Å². The van der Waals surface area contributed by atoms with E-state index in [1.54, 1.807) is 85.9 Å². The molecule has 8 rings (SSSR count). The van der Waals surface area contributed by atoms with Crippen molar-refractivity contribution in [1.29, 1.82) is 0 Å². The van der Waals surface area contributed by atoms with Gasteiger partial charge in [0.25, 0.3) is 11.8 Å². The van der Waals surface area contributed by atoms with Crippen LogP contribution in [0.4, 0.5) is 9.18 Å². The number of rotatable bonds is 12. The van der Waals surface area contributed by atoms with E-state index in [-0.39, 0.29) is 68.7 Å². The number of ether oxygens (including phenoxy) is 7. The molecule has 7 amide bonds. The summed E-state index contributed by atoms with van der Waals surface area (Å²) in [6.07, 6.45) is 3.70. The van der Waals surface area contributed by atoms with E-state index in [0.717, 1.165) is 38.0 Å². The lowest BCUT2D eigenvalue weighted by Gasteiger charge is -2.36. The fourth-order valence-electron chi connectivity index (χ4n) is 11.9. The number of benzene rings is 5. The lowest BCUT2D eigenvalue weighted by atomic mass is 9.87. The number of amides is 7. The van der Waals surface area contributed by atoms with Gasteiger partial charge in [-0.1, -0.05) is 84.9 Å². The number of allylic oxidation sites excluding steroid dienone is 1. The summed E-state index contributed by atoms with van der Waals surface area (Å²) in [6.45, 7) is 2.84. The number of halogens is 1. The van der Waals surface area contributed by atoms with Crippen LogP contribution in [0.25, 0.3) is 0 Å². The molecule has 5 aromatic carbocycles. The van der Waals surface area contributed by atoms with Crippen molar-refractivity contribution >= 4 is 59.3 Å². The van der Waals surface area contributed by atoms with E-state index in [1.807, 2.05) is 30.3 Å². The van der Waals surface area contributed by atoms with Crippen LogP contribution in [0, 0.1) is 11.2 Å². The standard InChI is InChI=1S/C75H90FN7O17/c1-75(2)49-98-67(86)25-16-8-9-18-34-79(3)70(89)58(40-50-20-12-10-13-21-50)77-65(84)47-80(4)71(90)59(41-51-22-14-11-15-23-51)78-69(88)61(42-52-26-30-56(31-27-52)99-74(93)82-36-38-96-39-37-82)81(5)66(85)48-97-57-45-54(44-55(76)46-57)62(32-28-53-29-33-63(94-6)64(43-53)95-7)100-73(92)60-24-17-19-35-83(60)72(91)68(75)87/h10-16,20-23,25-27,29-31,33,43-46,58-62H,8-9,17-19,24,28,32,34-42,47-49H2,1-7H3,(H,77,84)(H,78,88)/t58-,59-,60+,61+,62-/m1/s1. The lowest BCUT2D eigenvalue weighted by molar-refractivity contribution is -0.165. The molecule has 0 unspecified atom stereocenters. The van der Waals surface area contributed by atoms with Crippen molar-refractivity contribution in [2.24, 2.45) is 5.41 Å². The molecule has 25 heteroatoms. The molecular weight excluding hydrogens is 1290 g/mol. The summed E-state index contributed by atoms with van der Waals surface area (Å²) in [5.74, 6) is -6.75. The van der Waals surface area contributed by atoms with Gasteiger partial charge in [0.05, 0.1) is 39.4 Å². The quantitative estimate of drug-likeness (QED) is 0.0942. The molecule has 100 heavy (non-hydrogen) atoms. The topological polar surface area (TPSA) is 276 Å². The predicted octanol–water partition coefficient (Wildman–Crippen LogP) is 6.97. The van der Waals surface area contributed by atoms with E-state index >= 15 is 9.18 Å². The minimum Gasteiger partial charge on any atom is -0.493 e. The van der Waals surface area contributed by atoms with Crippen molar-refractivity contribution in [2.75, 3.05) is 94.5 Å². The van der Waals surface area contributed by atoms with Gasteiger partial charge in [0, 0.05) is 78.7 Å². The molecule has 5 aromatic rings. The molecule has 3 aliphatic rings. The van der Waals surface area contributed by atoms with Gasteiger partial charge in [-0.05, 0) is 129 Å². The van der Waals surface area contributed by atoms with Crippen molar-refractivity contribution in [2.45, 2.75) is 115 Å². The number of cyclic esters (lactones) is 2. The minimum atomic E-state index is -1.53. The first-order chi connectivity index (χ1) is 48.0. The van der Waals surface area contributed by atoms with Crippen molar-refractivity contribution in [3.05, 3.63) is 167 Å². The molecule has 0 spiro atoms. The second kappa shape index (κ2) is 36.6. The number of aryl methyl sites for hydroxylation is 1. The normalized spacial score (nSPS) is 21.2. The average molecular weight is 1380 g/mol. The lowest BCUT2D eigenvalue weighted by Crippen LogP contribution is -2.57. The van der Waals surface area contributed by atoms with Crippen LogP contribution in [0.3, 0.4) is 0 Å². The van der Waals surface area contributed by atoms with E-state index < -0.39 is 121 Å². The Labute approximate surface area is 582 Å². The van der Waals surface area contributed by atoms with Crippen LogP contribution in [0.2, 0.25) is 0 Å². The zero-order valence-corrected chi connectivity index (χ0v) is 57.8. The summed E-state index contributed by atoms with van der Waals surface area (Å²) in [7, 11) is 7.34. The average Bonchev–Trinajstić information content (AvgIpc) is 0.810. The second-order valence-corrected chi connectivity index (χ2v) is 25.7. The van der Waals surface area contributed by atoms with Gasteiger partial charge in [-0.25, -0.2) is 18.8 Å². The number of likely N-dealkylation sites (N-methyl/N-ethyl adjacent to an activating group) is 3. The first kappa shape index (κ1) is 75.6. The molecule has 0 saturated carbocycles. The van der Waals surface area contributed by atoms with Crippen LogP contribution < -0.4 is 29.6 Å². The maximum Gasteiger partial charge on any atom is 0.415 e. The highest BCUT2D eigenvalue weighted by molar-refractivity contribution is 6.38. The van der Waals surface area contributed by atoms with Crippen LogP contribution in [0.15, 0.2) is 133 Å². The molecule has 534 valence electrons. The first-order valence-corrected chi connectivity index (χ1v) is 33.6. The number of nitrogens with zero attached hydrogens (tertiary/aromatic N) is 5. The number of methoxy groups -OCH3 is 2. The van der Waals surface area contributed by atoms with E-state index in [1.165, 1.54) is 64.1 Å². The number of fused-ring (bicyclic) bond motifs is 3. The Morgan fingerprint density at radius 2 is 1.29 bits per heavy atom. The number of hydrogen-bond donors (Lipinski definition) is 2. The molecule has 2 fully saturated rings. The van der Waals surface area contributed by atoms with Crippen molar-refractivity contribution in [1.82, 2.24) is 35.1 Å². The van der Waals surface area contributed by atoms with Crippen molar-refractivity contribution in [3.8, 4) is 23.0 Å².